The van der Waals surface area contributed by atoms with Gasteiger partial charge < -0.3 is 15.4 Å². The minimum atomic E-state index is -4.25. The van der Waals surface area contributed by atoms with Crippen LogP contribution in [0.1, 0.15) is 5.56 Å². The van der Waals surface area contributed by atoms with E-state index in [0.29, 0.717) is 16.6 Å². The molecule has 4 rings (SSSR count). The summed E-state index contributed by atoms with van der Waals surface area (Å²) in [6.45, 7) is -0.432. The topological polar surface area (TPSA) is 123 Å². The fourth-order valence-electron chi connectivity index (χ4n) is 3.39. The van der Waals surface area contributed by atoms with Gasteiger partial charge in [-0.2, -0.15) is 0 Å². The Balaban J connectivity index is 1.83. The van der Waals surface area contributed by atoms with Gasteiger partial charge in [0, 0.05) is 33.9 Å². The average Bonchev–Trinajstić information content (AvgIpc) is 3.08. The first-order valence-corrected chi connectivity index (χ1v) is 11.8. The highest BCUT2D eigenvalue weighted by atomic mass is 79.9. The average molecular weight is 541 g/mol. The minimum Gasteiger partial charge on any atom is -0.392 e. The van der Waals surface area contributed by atoms with Crippen LogP contribution in [-0.2, 0) is 23.7 Å². The summed E-state index contributed by atoms with van der Waals surface area (Å²) in [5.41, 5.74) is 7.06. The first kappa shape index (κ1) is 22.5. The summed E-state index contributed by atoms with van der Waals surface area (Å²) in [4.78, 5) is 7.91. The third-order valence-corrected chi connectivity index (χ3v) is 7.66. The molecular formula is C20H16BrClFN5O3S. The van der Waals surface area contributed by atoms with E-state index in [4.69, 9.17) is 17.3 Å². The van der Waals surface area contributed by atoms with Gasteiger partial charge in [-0.25, -0.2) is 22.8 Å². The Hall–Kier alpha value is -2.73. The standard InChI is InChI=1S/C20H16BrClFN5O3S/c1-28-7-13(16-19(24)25-9-26-20(16)28)12-3-2-4-14(18(12)23)27-32(30,31)15-6-11(22)5-10(8-29)17(15)21/h2-7,9,27,29H,8H2,1H3,(H2,24,25,26). The van der Waals surface area contributed by atoms with Crippen LogP contribution in [0.5, 0.6) is 0 Å². The molecule has 0 aliphatic carbocycles. The maximum Gasteiger partial charge on any atom is 0.263 e. The number of rotatable bonds is 5. The first-order chi connectivity index (χ1) is 15.1. The number of aromatic nitrogens is 3. The first-order valence-electron chi connectivity index (χ1n) is 9.10. The van der Waals surface area contributed by atoms with Gasteiger partial charge in [-0.3, -0.25) is 4.72 Å². The Bertz CT molecular complexity index is 1480. The molecule has 0 saturated carbocycles. The van der Waals surface area contributed by atoms with Gasteiger partial charge in [0.15, 0.2) is 5.82 Å². The minimum absolute atomic E-state index is 0.109. The van der Waals surface area contributed by atoms with Crippen molar-refractivity contribution in [3.05, 3.63) is 63.7 Å². The summed E-state index contributed by atoms with van der Waals surface area (Å²) < 4.78 is 45.6. The molecular weight excluding hydrogens is 525 g/mol. The number of anilines is 2. The molecule has 8 nitrogen and oxygen atoms in total. The number of benzene rings is 2. The van der Waals surface area contributed by atoms with Gasteiger partial charge in [0.25, 0.3) is 10.0 Å². The number of aliphatic hydroxyl groups excluding tert-OH is 1. The Morgan fingerprint density at radius 2 is 2.03 bits per heavy atom. The molecule has 4 N–H and O–H groups in total. The van der Waals surface area contributed by atoms with Crippen LogP contribution in [0.2, 0.25) is 5.02 Å². The predicted molar refractivity (Wildman–Crippen MR) is 124 cm³/mol. The van der Waals surface area contributed by atoms with Crippen molar-refractivity contribution in [2.45, 2.75) is 11.5 Å². The lowest BCUT2D eigenvalue weighted by Gasteiger charge is -2.14. The lowest BCUT2D eigenvalue weighted by Crippen LogP contribution is -2.15. The molecule has 166 valence electrons. The third kappa shape index (κ3) is 3.81. The van der Waals surface area contributed by atoms with Gasteiger partial charge >= 0.3 is 0 Å². The van der Waals surface area contributed by atoms with Crippen molar-refractivity contribution in [1.82, 2.24) is 14.5 Å². The lowest BCUT2D eigenvalue weighted by atomic mass is 10.0. The number of hydrogen-bond donors (Lipinski definition) is 3. The molecule has 0 fully saturated rings. The van der Waals surface area contributed by atoms with E-state index >= 15 is 4.39 Å². The molecule has 0 atom stereocenters. The summed E-state index contributed by atoms with van der Waals surface area (Å²) in [7, 11) is -2.52. The molecule has 0 unspecified atom stereocenters. The monoisotopic (exact) mass is 539 g/mol. The van der Waals surface area contributed by atoms with E-state index in [1.54, 1.807) is 17.8 Å². The second kappa shape index (κ2) is 8.32. The molecule has 0 bridgehead atoms. The highest BCUT2D eigenvalue weighted by Gasteiger charge is 2.24. The van der Waals surface area contributed by atoms with E-state index < -0.39 is 22.4 Å². The summed E-state index contributed by atoms with van der Waals surface area (Å²) in [6.07, 6.45) is 2.96. The Kier molecular flexibility index (Phi) is 5.84. The van der Waals surface area contributed by atoms with Gasteiger partial charge in [0.05, 0.1) is 17.7 Å². The quantitative estimate of drug-likeness (QED) is 0.351. The number of sulfonamides is 1. The molecule has 0 saturated heterocycles. The van der Waals surface area contributed by atoms with Crippen LogP contribution < -0.4 is 10.5 Å². The fraction of sp³-hybridized carbons (Fsp3) is 0.100. The normalized spacial score (nSPS) is 11.8. The molecule has 4 aromatic rings. The molecule has 2 aromatic carbocycles. The van der Waals surface area contributed by atoms with Crippen LogP contribution in [0.3, 0.4) is 0 Å². The number of halogens is 3. The van der Waals surface area contributed by atoms with Gasteiger partial charge in [-0.15, -0.1) is 0 Å². The molecule has 32 heavy (non-hydrogen) atoms. The van der Waals surface area contributed by atoms with E-state index in [0.717, 1.165) is 0 Å². The summed E-state index contributed by atoms with van der Waals surface area (Å²) in [5, 5.41) is 10.0. The number of hydrogen-bond acceptors (Lipinski definition) is 6. The van der Waals surface area contributed by atoms with Crippen LogP contribution >= 0.6 is 27.5 Å². The van der Waals surface area contributed by atoms with E-state index in [-0.39, 0.29) is 37.0 Å². The van der Waals surface area contributed by atoms with Crippen LogP contribution in [0.15, 0.2) is 52.2 Å². The number of aryl methyl sites for hydroxylation is 1. The highest BCUT2D eigenvalue weighted by molar-refractivity contribution is 9.10. The molecule has 0 aliphatic heterocycles. The molecule has 2 aromatic heterocycles. The van der Waals surface area contributed by atoms with Crippen molar-refractivity contribution in [2.75, 3.05) is 10.5 Å². The van der Waals surface area contributed by atoms with Crippen molar-refractivity contribution < 1.29 is 17.9 Å². The zero-order valence-corrected chi connectivity index (χ0v) is 19.6. The van der Waals surface area contributed by atoms with Gasteiger partial charge in [-0.1, -0.05) is 23.7 Å². The van der Waals surface area contributed by atoms with Crippen molar-refractivity contribution in [1.29, 1.82) is 0 Å². The summed E-state index contributed by atoms with van der Waals surface area (Å²) in [6, 6.07) is 6.96. The van der Waals surface area contributed by atoms with E-state index in [1.807, 2.05) is 0 Å². The molecule has 0 radical (unpaired) electrons. The predicted octanol–water partition coefficient (Wildman–Crippen LogP) is 4.07. The fourth-order valence-corrected chi connectivity index (χ4v) is 5.89. The van der Waals surface area contributed by atoms with E-state index in [1.165, 1.54) is 36.7 Å². The highest BCUT2D eigenvalue weighted by Crippen LogP contribution is 2.37. The van der Waals surface area contributed by atoms with Gasteiger partial charge in [0.1, 0.15) is 22.7 Å². The molecule has 2 heterocycles. The summed E-state index contributed by atoms with van der Waals surface area (Å²) >= 11 is 9.16. The third-order valence-electron chi connectivity index (χ3n) is 4.86. The Labute approximate surface area is 196 Å². The number of nitrogens with two attached hydrogens (primary N) is 1. The van der Waals surface area contributed by atoms with Crippen molar-refractivity contribution in [2.24, 2.45) is 7.05 Å². The maximum atomic E-state index is 15.5. The van der Waals surface area contributed by atoms with Crippen molar-refractivity contribution in [3.8, 4) is 11.1 Å². The SMILES string of the molecule is Cn1cc(-c2cccc(NS(=O)(=O)c3cc(Cl)cc(CO)c3Br)c2F)c2c(N)ncnc21. The maximum absolute atomic E-state index is 15.5. The van der Waals surface area contributed by atoms with Crippen LogP contribution in [-0.4, -0.2) is 28.1 Å². The zero-order chi connectivity index (χ0) is 23.2. The second-order valence-electron chi connectivity index (χ2n) is 6.92. The van der Waals surface area contributed by atoms with Gasteiger partial charge in [-0.05, 0) is 39.7 Å². The Morgan fingerprint density at radius 1 is 1.28 bits per heavy atom. The Morgan fingerprint density at radius 3 is 2.75 bits per heavy atom. The lowest BCUT2D eigenvalue weighted by molar-refractivity contribution is 0.280. The number of nitrogen functional groups attached to an aromatic ring is 1. The van der Waals surface area contributed by atoms with Crippen LogP contribution in [0.25, 0.3) is 22.2 Å². The van der Waals surface area contributed by atoms with Crippen LogP contribution in [0, 0.1) is 5.82 Å². The number of fused-ring (bicyclic) bond motifs is 1. The molecule has 12 heteroatoms. The second-order valence-corrected chi connectivity index (χ2v) is 9.80. The molecule has 0 spiro atoms. The molecule has 0 amide bonds. The smallest absolute Gasteiger partial charge is 0.263 e. The van der Waals surface area contributed by atoms with Crippen molar-refractivity contribution in [3.63, 3.8) is 0 Å². The van der Waals surface area contributed by atoms with E-state index in [9.17, 15) is 13.5 Å². The van der Waals surface area contributed by atoms with Crippen LogP contribution in [0.4, 0.5) is 15.9 Å². The summed E-state index contributed by atoms with van der Waals surface area (Å²) in [5.74, 6) is -0.622. The number of nitrogens with zero attached hydrogens (tertiary/aromatic N) is 3. The van der Waals surface area contributed by atoms with Gasteiger partial charge in [0.2, 0.25) is 0 Å². The van der Waals surface area contributed by atoms with Crippen molar-refractivity contribution >= 4 is 60.1 Å². The molecule has 0 aliphatic rings. The largest absolute Gasteiger partial charge is 0.392 e. The number of aliphatic hydroxyl groups is 1. The van der Waals surface area contributed by atoms with E-state index in [2.05, 4.69) is 30.6 Å². The number of nitrogens with one attached hydrogen (secondary N) is 1. The zero-order valence-electron chi connectivity index (χ0n) is 16.5.